The van der Waals surface area contributed by atoms with E-state index in [9.17, 15) is 0 Å². The van der Waals surface area contributed by atoms with Gasteiger partial charge >= 0.3 is 0 Å². The van der Waals surface area contributed by atoms with Gasteiger partial charge in [0.05, 0.1) is 13.7 Å². The molecule has 1 aromatic rings. The number of aromatic nitrogens is 1. The lowest BCUT2D eigenvalue weighted by Gasteiger charge is -2.17. The smallest absolute Gasteiger partial charge is 0.225 e. The molecule has 0 amide bonds. The Morgan fingerprint density at radius 3 is 2.73 bits per heavy atom. The lowest BCUT2D eigenvalue weighted by Crippen LogP contribution is -2.32. The highest BCUT2D eigenvalue weighted by atomic mass is 32.1. The second kappa shape index (κ2) is 6.05. The van der Waals surface area contributed by atoms with E-state index < -0.39 is 0 Å². The molecule has 0 saturated carbocycles. The quantitative estimate of drug-likeness (QED) is 0.810. The second-order valence-corrected chi connectivity index (χ2v) is 4.35. The van der Waals surface area contributed by atoms with Crippen LogP contribution in [-0.2, 0) is 4.74 Å². The van der Waals surface area contributed by atoms with Gasteiger partial charge in [0.2, 0.25) is 5.88 Å². The van der Waals surface area contributed by atoms with Crippen molar-refractivity contribution in [1.82, 2.24) is 9.69 Å². The summed E-state index contributed by atoms with van der Waals surface area (Å²) in [7, 11) is 3.34. The van der Waals surface area contributed by atoms with Crippen molar-refractivity contribution in [2.45, 2.75) is 25.9 Å². The first kappa shape index (κ1) is 12.4. The molecule has 0 bridgehead atoms. The van der Waals surface area contributed by atoms with Gasteiger partial charge in [0.15, 0.2) is 0 Å². The highest BCUT2D eigenvalue weighted by Gasteiger charge is 2.12. The van der Waals surface area contributed by atoms with E-state index >= 15 is 0 Å². The first-order valence-corrected chi connectivity index (χ1v) is 5.70. The van der Waals surface area contributed by atoms with E-state index in [0.29, 0.717) is 18.5 Å². The SMILES string of the molecule is COCC(C)NC(C)c1cc(OC)ns1. The highest BCUT2D eigenvalue weighted by molar-refractivity contribution is 7.06. The molecule has 0 aromatic carbocycles. The van der Waals surface area contributed by atoms with Crippen LogP contribution in [0.5, 0.6) is 5.88 Å². The molecule has 0 saturated heterocycles. The van der Waals surface area contributed by atoms with E-state index in [1.165, 1.54) is 16.4 Å². The van der Waals surface area contributed by atoms with Crippen LogP contribution in [0.1, 0.15) is 24.8 Å². The average molecular weight is 230 g/mol. The molecule has 0 radical (unpaired) electrons. The van der Waals surface area contributed by atoms with Crippen LogP contribution in [0.2, 0.25) is 0 Å². The van der Waals surface area contributed by atoms with E-state index in [4.69, 9.17) is 9.47 Å². The van der Waals surface area contributed by atoms with E-state index in [0.717, 1.165) is 0 Å². The van der Waals surface area contributed by atoms with Gasteiger partial charge in [-0.15, -0.1) is 0 Å². The molecule has 2 unspecified atom stereocenters. The van der Waals surface area contributed by atoms with Crippen molar-refractivity contribution in [3.8, 4) is 5.88 Å². The largest absolute Gasteiger partial charge is 0.480 e. The molecule has 1 N–H and O–H groups in total. The standard InChI is InChI=1S/C10H18N2O2S/c1-7(6-13-3)11-8(2)9-5-10(14-4)12-15-9/h5,7-8,11H,6H2,1-4H3. The second-order valence-electron chi connectivity index (χ2n) is 3.52. The first-order chi connectivity index (χ1) is 7.17. The van der Waals surface area contributed by atoms with Crippen molar-refractivity contribution in [2.24, 2.45) is 0 Å². The van der Waals surface area contributed by atoms with E-state index in [2.05, 4.69) is 23.5 Å². The Morgan fingerprint density at radius 2 is 2.20 bits per heavy atom. The molecule has 15 heavy (non-hydrogen) atoms. The number of rotatable bonds is 6. The fourth-order valence-electron chi connectivity index (χ4n) is 1.38. The zero-order chi connectivity index (χ0) is 11.3. The maximum atomic E-state index is 5.07. The summed E-state index contributed by atoms with van der Waals surface area (Å²) in [5.41, 5.74) is 0. The normalized spacial score (nSPS) is 14.9. The summed E-state index contributed by atoms with van der Waals surface area (Å²) in [5, 5.41) is 3.42. The van der Waals surface area contributed by atoms with Crippen LogP contribution in [-0.4, -0.2) is 31.2 Å². The summed E-state index contributed by atoms with van der Waals surface area (Å²) in [5.74, 6) is 0.683. The molecule has 0 fully saturated rings. The molecule has 4 nitrogen and oxygen atoms in total. The van der Waals surface area contributed by atoms with Crippen LogP contribution in [0.15, 0.2) is 6.07 Å². The third-order valence-corrected chi connectivity index (χ3v) is 3.05. The Labute approximate surface area is 94.8 Å². The minimum Gasteiger partial charge on any atom is -0.480 e. The molecule has 0 aliphatic heterocycles. The van der Waals surface area contributed by atoms with Crippen LogP contribution in [0.4, 0.5) is 0 Å². The van der Waals surface area contributed by atoms with Crippen molar-refractivity contribution >= 4 is 11.5 Å². The predicted octanol–water partition coefficient (Wildman–Crippen LogP) is 1.84. The number of nitrogens with zero attached hydrogens (tertiary/aromatic N) is 1. The average Bonchev–Trinajstić information content (AvgIpc) is 2.66. The van der Waals surface area contributed by atoms with E-state index in [-0.39, 0.29) is 6.04 Å². The van der Waals surface area contributed by atoms with Gasteiger partial charge in [-0.2, -0.15) is 4.37 Å². The summed E-state index contributed by atoms with van der Waals surface area (Å²) in [6.45, 7) is 4.91. The van der Waals surface area contributed by atoms with Crippen LogP contribution < -0.4 is 10.1 Å². The zero-order valence-electron chi connectivity index (χ0n) is 9.61. The first-order valence-electron chi connectivity index (χ1n) is 4.93. The Bertz CT molecular complexity index is 291. The minimum absolute atomic E-state index is 0.275. The maximum absolute atomic E-state index is 5.07. The fourth-order valence-corrected chi connectivity index (χ4v) is 2.08. The molecular weight excluding hydrogens is 212 g/mol. The topological polar surface area (TPSA) is 43.4 Å². The van der Waals surface area contributed by atoms with Crippen molar-refractivity contribution in [3.63, 3.8) is 0 Å². The lowest BCUT2D eigenvalue weighted by molar-refractivity contribution is 0.168. The summed E-state index contributed by atoms with van der Waals surface area (Å²) in [6, 6.07) is 2.57. The van der Waals surface area contributed by atoms with Crippen molar-refractivity contribution in [1.29, 1.82) is 0 Å². The van der Waals surface area contributed by atoms with Crippen molar-refractivity contribution < 1.29 is 9.47 Å². The third-order valence-electron chi connectivity index (χ3n) is 2.09. The maximum Gasteiger partial charge on any atom is 0.225 e. The van der Waals surface area contributed by atoms with Crippen LogP contribution in [0.25, 0.3) is 0 Å². The van der Waals surface area contributed by atoms with E-state index in [1.54, 1.807) is 14.2 Å². The Hall–Kier alpha value is -0.650. The number of hydrogen-bond acceptors (Lipinski definition) is 5. The Balaban J connectivity index is 2.49. The molecule has 1 heterocycles. The van der Waals surface area contributed by atoms with Gasteiger partial charge in [-0.25, -0.2) is 0 Å². The van der Waals surface area contributed by atoms with Crippen LogP contribution in [0.3, 0.4) is 0 Å². The van der Waals surface area contributed by atoms with E-state index in [1.807, 2.05) is 6.07 Å². The van der Waals surface area contributed by atoms with Gasteiger partial charge in [-0.1, -0.05) is 0 Å². The van der Waals surface area contributed by atoms with Crippen molar-refractivity contribution in [2.75, 3.05) is 20.8 Å². The zero-order valence-corrected chi connectivity index (χ0v) is 10.4. The van der Waals surface area contributed by atoms with Crippen LogP contribution in [0, 0.1) is 0 Å². The number of nitrogens with one attached hydrogen (secondary N) is 1. The molecule has 86 valence electrons. The van der Waals surface area contributed by atoms with Gasteiger partial charge in [0, 0.05) is 30.1 Å². The molecule has 1 rings (SSSR count). The minimum atomic E-state index is 0.275. The summed E-state index contributed by atoms with van der Waals surface area (Å²) >= 11 is 1.46. The molecule has 1 aromatic heterocycles. The van der Waals surface area contributed by atoms with Gasteiger partial charge in [-0.05, 0) is 25.4 Å². The van der Waals surface area contributed by atoms with Gasteiger partial charge in [-0.3, -0.25) is 0 Å². The molecular formula is C10H18N2O2S. The molecule has 0 aliphatic carbocycles. The molecule has 0 aliphatic rings. The highest BCUT2D eigenvalue weighted by Crippen LogP contribution is 2.22. The summed E-state index contributed by atoms with van der Waals surface area (Å²) in [6.07, 6.45) is 0. The molecule has 2 atom stereocenters. The summed E-state index contributed by atoms with van der Waals surface area (Å²) < 4.78 is 14.3. The number of methoxy groups -OCH3 is 2. The van der Waals surface area contributed by atoms with Crippen LogP contribution >= 0.6 is 11.5 Å². The number of hydrogen-bond donors (Lipinski definition) is 1. The predicted molar refractivity (Wildman–Crippen MR) is 61.6 cm³/mol. The van der Waals surface area contributed by atoms with Gasteiger partial charge in [0.25, 0.3) is 0 Å². The Kier molecular flexibility index (Phi) is 5.01. The lowest BCUT2D eigenvalue weighted by atomic mass is 10.2. The van der Waals surface area contributed by atoms with Gasteiger partial charge < -0.3 is 14.8 Å². The summed E-state index contributed by atoms with van der Waals surface area (Å²) in [4.78, 5) is 1.18. The van der Waals surface area contributed by atoms with Gasteiger partial charge in [0.1, 0.15) is 0 Å². The third kappa shape index (κ3) is 3.77. The Morgan fingerprint density at radius 1 is 1.47 bits per heavy atom. The molecule has 5 heteroatoms. The van der Waals surface area contributed by atoms with Crippen molar-refractivity contribution in [3.05, 3.63) is 10.9 Å². The monoisotopic (exact) mass is 230 g/mol. The molecule has 0 spiro atoms. The number of ether oxygens (including phenoxy) is 2. The fraction of sp³-hybridized carbons (Fsp3) is 0.700.